The van der Waals surface area contributed by atoms with Crippen molar-refractivity contribution in [3.8, 4) is 11.8 Å². The summed E-state index contributed by atoms with van der Waals surface area (Å²) in [5, 5.41) is 8.91. The van der Waals surface area contributed by atoms with Crippen LogP contribution in [0.25, 0.3) is 5.57 Å². The van der Waals surface area contributed by atoms with E-state index in [4.69, 9.17) is 10.00 Å². The van der Waals surface area contributed by atoms with Crippen molar-refractivity contribution in [2.24, 2.45) is 0 Å². The highest BCUT2D eigenvalue weighted by Gasteiger charge is 2.08. The van der Waals surface area contributed by atoms with Gasteiger partial charge < -0.3 is 4.74 Å². The average molecular weight is 235 g/mol. The van der Waals surface area contributed by atoms with Crippen molar-refractivity contribution in [1.29, 1.82) is 5.26 Å². The quantitative estimate of drug-likeness (QED) is 0.813. The van der Waals surface area contributed by atoms with Crippen molar-refractivity contribution in [1.82, 2.24) is 0 Å². The maximum atomic E-state index is 8.91. The molecule has 0 saturated heterocycles. The highest BCUT2D eigenvalue weighted by molar-refractivity contribution is 5.81. The van der Waals surface area contributed by atoms with Gasteiger partial charge in [-0.3, -0.25) is 0 Å². The van der Waals surface area contributed by atoms with E-state index >= 15 is 0 Å². The second-order valence-corrected chi connectivity index (χ2v) is 3.87. The Labute approximate surface area is 107 Å². The highest BCUT2D eigenvalue weighted by atomic mass is 16.5. The summed E-state index contributed by atoms with van der Waals surface area (Å²) in [6.45, 7) is 4.09. The standard InChI is InChI=1S/C16H13NO/c1-12(14-7-5-6-13(10-14)11-17)15-8-3-4-9-16(15)18-2/h3-10H,1H2,2H3. The summed E-state index contributed by atoms with van der Waals surface area (Å²) in [5.74, 6) is 0.782. The molecule has 0 spiro atoms. The number of rotatable bonds is 3. The molecule has 2 rings (SSSR count). The van der Waals surface area contributed by atoms with Crippen LogP contribution in [0.3, 0.4) is 0 Å². The van der Waals surface area contributed by atoms with Gasteiger partial charge in [0.1, 0.15) is 5.75 Å². The van der Waals surface area contributed by atoms with Gasteiger partial charge in [-0.15, -0.1) is 0 Å². The van der Waals surface area contributed by atoms with Crippen LogP contribution in [0.4, 0.5) is 0 Å². The molecule has 0 heterocycles. The third-order valence-corrected chi connectivity index (χ3v) is 2.77. The zero-order chi connectivity index (χ0) is 13.0. The van der Waals surface area contributed by atoms with Gasteiger partial charge in [-0.2, -0.15) is 5.26 Å². The Morgan fingerprint density at radius 2 is 1.94 bits per heavy atom. The molecule has 0 unspecified atom stereocenters. The summed E-state index contributed by atoms with van der Waals surface area (Å²) in [6, 6.07) is 17.2. The van der Waals surface area contributed by atoms with Crippen LogP contribution in [0.5, 0.6) is 5.75 Å². The van der Waals surface area contributed by atoms with Gasteiger partial charge in [0, 0.05) is 5.56 Å². The van der Waals surface area contributed by atoms with E-state index in [1.165, 1.54) is 0 Å². The molecular formula is C16H13NO. The summed E-state index contributed by atoms with van der Waals surface area (Å²) in [7, 11) is 1.64. The molecule has 0 amide bonds. The summed E-state index contributed by atoms with van der Waals surface area (Å²) in [6.07, 6.45) is 0. The van der Waals surface area contributed by atoms with Crippen LogP contribution in [-0.4, -0.2) is 7.11 Å². The third-order valence-electron chi connectivity index (χ3n) is 2.77. The first kappa shape index (κ1) is 11.9. The van der Waals surface area contributed by atoms with Gasteiger partial charge in [0.15, 0.2) is 0 Å². The Kier molecular flexibility index (Phi) is 3.45. The van der Waals surface area contributed by atoms with Crippen LogP contribution >= 0.6 is 0 Å². The first-order valence-corrected chi connectivity index (χ1v) is 5.59. The maximum absolute atomic E-state index is 8.91. The molecule has 88 valence electrons. The van der Waals surface area contributed by atoms with Gasteiger partial charge in [-0.1, -0.05) is 36.9 Å². The lowest BCUT2D eigenvalue weighted by Gasteiger charge is -2.11. The molecule has 2 heteroatoms. The van der Waals surface area contributed by atoms with Gasteiger partial charge in [0.2, 0.25) is 0 Å². The topological polar surface area (TPSA) is 33.0 Å². The lowest BCUT2D eigenvalue weighted by atomic mass is 9.97. The molecule has 2 nitrogen and oxygen atoms in total. The molecule has 0 atom stereocenters. The fraction of sp³-hybridized carbons (Fsp3) is 0.0625. The van der Waals surface area contributed by atoms with E-state index in [-0.39, 0.29) is 0 Å². The number of benzene rings is 2. The number of ether oxygens (including phenoxy) is 1. The Bertz CT molecular complexity index is 623. The van der Waals surface area contributed by atoms with E-state index in [2.05, 4.69) is 12.6 Å². The number of hydrogen-bond acceptors (Lipinski definition) is 2. The smallest absolute Gasteiger partial charge is 0.126 e. The van der Waals surface area contributed by atoms with E-state index in [0.29, 0.717) is 5.56 Å². The van der Waals surface area contributed by atoms with Crippen LogP contribution in [0, 0.1) is 11.3 Å². The lowest BCUT2D eigenvalue weighted by molar-refractivity contribution is 0.413. The first-order chi connectivity index (χ1) is 8.76. The van der Waals surface area contributed by atoms with E-state index in [9.17, 15) is 0 Å². The monoisotopic (exact) mass is 235 g/mol. The van der Waals surface area contributed by atoms with Crippen LogP contribution in [-0.2, 0) is 0 Å². The van der Waals surface area contributed by atoms with Crippen LogP contribution in [0.15, 0.2) is 55.1 Å². The van der Waals surface area contributed by atoms with Crippen molar-refractivity contribution in [3.63, 3.8) is 0 Å². The molecule has 2 aromatic rings. The van der Waals surface area contributed by atoms with Crippen molar-refractivity contribution >= 4 is 5.57 Å². The molecule has 18 heavy (non-hydrogen) atoms. The summed E-state index contributed by atoms with van der Waals surface area (Å²) >= 11 is 0. The minimum Gasteiger partial charge on any atom is -0.496 e. The second kappa shape index (κ2) is 5.20. The predicted molar refractivity (Wildman–Crippen MR) is 72.3 cm³/mol. The Hall–Kier alpha value is -2.53. The Balaban J connectivity index is 2.45. The van der Waals surface area contributed by atoms with Crippen molar-refractivity contribution in [3.05, 3.63) is 71.8 Å². The second-order valence-electron chi connectivity index (χ2n) is 3.87. The number of nitriles is 1. The Morgan fingerprint density at radius 1 is 1.17 bits per heavy atom. The maximum Gasteiger partial charge on any atom is 0.126 e. The van der Waals surface area contributed by atoms with Crippen LogP contribution in [0.1, 0.15) is 16.7 Å². The Morgan fingerprint density at radius 3 is 2.67 bits per heavy atom. The minimum absolute atomic E-state index is 0.628. The van der Waals surface area contributed by atoms with Gasteiger partial charge in [0.25, 0.3) is 0 Å². The SMILES string of the molecule is C=C(c1cccc(C#N)c1)c1ccccc1OC. The molecule has 0 aliphatic heterocycles. The van der Waals surface area contributed by atoms with Crippen molar-refractivity contribution in [2.45, 2.75) is 0 Å². The molecule has 0 radical (unpaired) electrons. The zero-order valence-corrected chi connectivity index (χ0v) is 10.2. The summed E-state index contributed by atoms with van der Waals surface area (Å²) < 4.78 is 5.32. The zero-order valence-electron chi connectivity index (χ0n) is 10.2. The van der Waals surface area contributed by atoms with Crippen LogP contribution < -0.4 is 4.74 Å². The fourth-order valence-electron chi connectivity index (χ4n) is 1.83. The fourth-order valence-corrected chi connectivity index (χ4v) is 1.83. The van der Waals surface area contributed by atoms with E-state index in [1.807, 2.05) is 42.5 Å². The van der Waals surface area contributed by atoms with Gasteiger partial charge in [0.05, 0.1) is 18.7 Å². The number of para-hydroxylation sites is 1. The van der Waals surface area contributed by atoms with Crippen molar-refractivity contribution in [2.75, 3.05) is 7.11 Å². The highest BCUT2D eigenvalue weighted by Crippen LogP contribution is 2.29. The molecule has 0 aromatic heterocycles. The van der Waals surface area contributed by atoms with Gasteiger partial charge >= 0.3 is 0 Å². The summed E-state index contributed by atoms with van der Waals surface area (Å²) in [4.78, 5) is 0. The summed E-state index contributed by atoms with van der Waals surface area (Å²) in [5.41, 5.74) is 3.35. The van der Waals surface area contributed by atoms with Gasteiger partial charge in [-0.25, -0.2) is 0 Å². The first-order valence-electron chi connectivity index (χ1n) is 5.59. The normalized spacial score (nSPS) is 9.56. The van der Waals surface area contributed by atoms with E-state index < -0.39 is 0 Å². The third kappa shape index (κ3) is 2.26. The molecule has 0 saturated carbocycles. The average Bonchev–Trinajstić information content (AvgIpc) is 2.46. The molecule has 0 N–H and O–H groups in total. The lowest BCUT2D eigenvalue weighted by Crippen LogP contribution is -1.92. The van der Waals surface area contributed by atoms with Crippen molar-refractivity contribution < 1.29 is 4.74 Å². The number of hydrogen-bond donors (Lipinski definition) is 0. The number of methoxy groups -OCH3 is 1. The molecule has 0 aliphatic rings. The van der Waals surface area contributed by atoms with E-state index in [0.717, 1.165) is 22.4 Å². The van der Waals surface area contributed by atoms with Gasteiger partial charge in [-0.05, 0) is 29.3 Å². The molecular weight excluding hydrogens is 222 g/mol. The molecule has 0 bridgehead atoms. The predicted octanol–water partition coefficient (Wildman–Crippen LogP) is 3.63. The molecule has 0 fully saturated rings. The largest absolute Gasteiger partial charge is 0.496 e. The van der Waals surface area contributed by atoms with E-state index in [1.54, 1.807) is 13.2 Å². The molecule has 0 aliphatic carbocycles. The van der Waals surface area contributed by atoms with Crippen LogP contribution in [0.2, 0.25) is 0 Å². The number of nitrogens with zero attached hydrogens (tertiary/aromatic N) is 1. The minimum atomic E-state index is 0.628. The molecule has 2 aromatic carbocycles.